The second-order valence-electron chi connectivity index (χ2n) is 5.11. The molecule has 2 unspecified atom stereocenters. The van der Waals surface area contributed by atoms with Gasteiger partial charge in [0.25, 0.3) is 5.91 Å². The lowest BCUT2D eigenvalue weighted by molar-refractivity contribution is -0.123. The van der Waals surface area contributed by atoms with E-state index in [1.165, 1.54) is 0 Å². The number of hydrogen-bond donors (Lipinski definition) is 2. The predicted molar refractivity (Wildman–Crippen MR) is 74.3 cm³/mol. The van der Waals surface area contributed by atoms with Gasteiger partial charge in [-0.15, -0.1) is 12.6 Å². The number of amides is 2. The molecule has 0 bridgehead atoms. The summed E-state index contributed by atoms with van der Waals surface area (Å²) in [6.45, 7) is 1.32. The maximum absolute atomic E-state index is 12.5. The number of hydrogen-bond acceptors (Lipinski definition) is 3. The molecule has 2 atom stereocenters. The van der Waals surface area contributed by atoms with Crippen LogP contribution < -0.4 is 5.32 Å². The summed E-state index contributed by atoms with van der Waals surface area (Å²) in [5, 5.41) is 2.86. The second-order valence-corrected chi connectivity index (χ2v) is 5.62. The van der Waals surface area contributed by atoms with E-state index in [-0.39, 0.29) is 23.8 Å². The van der Waals surface area contributed by atoms with E-state index in [0.717, 1.165) is 24.3 Å². The Kier molecular flexibility index (Phi) is 3.22. The molecular weight excluding hydrogens is 260 g/mol. The number of nitrogens with one attached hydrogen (secondary N) is 1. The SMILES string of the molecule is O=C1NCC2C1CCCN2C(=O)c1ccc(S)cc1. The number of carbonyl (C=O) groups excluding carboxylic acids is 2. The number of fused-ring (bicyclic) bond motifs is 1. The highest BCUT2D eigenvalue weighted by Crippen LogP contribution is 2.28. The van der Waals surface area contributed by atoms with Crippen molar-refractivity contribution in [3.63, 3.8) is 0 Å². The van der Waals surface area contributed by atoms with Crippen LogP contribution in [0.15, 0.2) is 29.2 Å². The van der Waals surface area contributed by atoms with Crippen LogP contribution in [0.3, 0.4) is 0 Å². The average molecular weight is 276 g/mol. The van der Waals surface area contributed by atoms with Crippen LogP contribution in [0.25, 0.3) is 0 Å². The van der Waals surface area contributed by atoms with E-state index >= 15 is 0 Å². The van der Waals surface area contributed by atoms with Gasteiger partial charge >= 0.3 is 0 Å². The van der Waals surface area contributed by atoms with Crippen LogP contribution in [-0.2, 0) is 4.79 Å². The Hall–Kier alpha value is -1.49. The lowest BCUT2D eigenvalue weighted by Gasteiger charge is -2.36. The summed E-state index contributed by atoms with van der Waals surface area (Å²) in [6.07, 6.45) is 1.78. The van der Waals surface area contributed by atoms with E-state index in [1.54, 1.807) is 12.1 Å². The highest BCUT2D eigenvalue weighted by molar-refractivity contribution is 7.80. The number of benzene rings is 1. The third-order valence-corrected chi connectivity index (χ3v) is 4.27. The Morgan fingerprint density at radius 1 is 1.32 bits per heavy atom. The third kappa shape index (κ3) is 2.23. The lowest BCUT2D eigenvalue weighted by atomic mass is 9.91. The molecule has 0 spiro atoms. The summed E-state index contributed by atoms with van der Waals surface area (Å²) in [4.78, 5) is 26.9. The molecule has 0 aliphatic carbocycles. The first-order chi connectivity index (χ1) is 9.16. The van der Waals surface area contributed by atoms with Crippen molar-refractivity contribution in [1.29, 1.82) is 0 Å². The third-order valence-electron chi connectivity index (χ3n) is 3.98. The molecule has 0 aromatic heterocycles. The van der Waals surface area contributed by atoms with Gasteiger partial charge in [-0.25, -0.2) is 0 Å². The first-order valence-electron chi connectivity index (χ1n) is 6.54. The zero-order valence-electron chi connectivity index (χ0n) is 10.5. The Morgan fingerprint density at radius 2 is 2.05 bits per heavy atom. The van der Waals surface area contributed by atoms with Crippen molar-refractivity contribution >= 4 is 24.4 Å². The van der Waals surface area contributed by atoms with Crippen LogP contribution in [0.1, 0.15) is 23.2 Å². The molecule has 1 aromatic rings. The summed E-state index contributed by atoms with van der Waals surface area (Å²) in [5.74, 6) is 0.0783. The van der Waals surface area contributed by atoms with Crippen molar-refractivity contribution in [3.05, 3.63) is 29.8 Å². The number of likely N-dealkylation sites (tertiary alicyclic amines) is 1. The number of piperidine rings is 1. The molecule has 2 fully saturated rings. The monoisotopic (exact) mass is 276 g/mol. The Bertz CT molecular complexity index is 515. The molecule has 100 valence electrons. The van der Waals surface area contributed by atoms with Crippen LogP contribution >= 0.6 is 12.6 Å². The first-order valence-corrected chi connectivity index (χ1v) is 6.99. The largest absolute Gasteiger partial charge is 0.354 e. The van der Waals surface area contributed by atoms with Crippen molar-refractivity contribution in [2.75, 3.05) is 13.1 Å². The van der Waals surface area contributed by atoms with Gasteiger partial charge in [-0.2, -0.15) is 0 Å². The van der Waals surface area contributed by atoms with Crippen LogP contribution in [-0.4, -0.2) is 35.8 Å². The summed E-state index contributed by atoms with van der Waals surface area (Å²) >= 11 is 4.22. The number of carbonyl (C=O) groups is 2. The van der Waals surface area contributed by atoms with Gasteiger partial charge in [0.15, 0.2) is 0 Å². The molecule has 4 nitrogen and oxygen atoms in total. The van der Waals surface area contributed by atoms with Gasteiger partial charge in [0, 0.05) is 23.5 Å². The molecule has 5 heteroatoms. The summed E-state index contributed by atoms with van der Waals surface area (Å²) in [5.41, 5.74) is 0.665. The Labute approximate surface area is 117 Å². The van der Waals surface area contributed by atoms with Crippen LogP contribution in [0, 0.1) is 5.92 Å². The highest BCUT2D eigenvalue weighted by atomic mass is 32.1. The van der Waals surface area contributed by atoms with E-state index in [2.05, 4.69) is 17.9 Å². The highest BCUT2D eigenvalue weighted by Gasteiger charge is 2.42. The molecule has 1 N–H and O–H groups in total. The fourth-order valence-corrected chi connectivity index (χ4v) is 3.12. The average Bonchev–Trinajstić information content (AvgIpc) is 2.81. The van der Waals surface area contributed by atoms with Crippen LogP contribution in [0.4, 0.5) is 0 Å². The van der Waals surface area contributed by atoms with Gasteiger partial charge in [0.1, 0.15) is 0 Å². The summed E-state index contributed by atoms with van der Waals surface area (Å²) < 4.78 is 0. The smallest absolute Gasteiger partial charge is 0.254 e. The van der Waals surface area contributed by atoms with Crippen molar-refractivity contribution in [2.45, 2.75) is 23.8 Å². The zero-order chi connectivity index (χ0) is 13.4. The molecule has 19 heavy (non-hydrogen) atoms. The van der Waals surface area contributed by atoms with Crippen molar-refractivity contribution < 1.29 is 9.59 Å². The summed E-state index contributed by atoms with van der Waals surface area (Å²) in [7, 11) is 0. The van der Waals surface area contributed by atoms with Gasteiger partial charge in [-0.3, -0.25) is 9.59 Å². The zero-order valence-corrected chi connectivity index (χ0v) is 11.4. The Balaban J connectivity index is 1.83. The van der Waals surface area contributed by atoms with E-state index in [9.17, 15) is 9.59 Å². The maximum atomic E-state index is 12.5. The fraction of sp³-hybridized carbons (Fsp3) is 0.429. The quantitative estimate of drug-likeness (QED) is 0.760. The standard InChI is InChI=1S/C14H16N2O2S/c17-13-11-2-1-7-16(12(11)8-15-13)14(18)9-3-5-10(19)6-4-9/h3-6,11-12,19H,1-2,7-8H2,(H,15,17). The molecular formula is C14H16N2O2S. The van der Waals surface area contributed by atoms with Crippen molar-refractivity contribution in [2.24, 2.45) is 5.92 Å². The molecule has 3 rings (SSSR count). The molecule has 2 aliphatic rings. The molecule has 0 saturated carbocycles. The minimum absolute atomic E-state index is 0.0135. The molecule has 2 aliphatic heterocycles. The molecule has 2 amide bonds. The minimum atomic E-state index is -0.0261. The van der Waals surface area contributed by atoms with Crippen LogP contribution in [0.5, 0.6) is 0 Å². The van der Waals surface area contributed by atoms with Gasteiger partial charge in [0.05, 0.1) is 12.0 Å². The predicted octanol–water partition coefficient (Wildman–Crippen LogP) is 1.33. The van der Waals surface area contributed by atoms with E-state index in [0.29, 0.717) is 12.1 Å². The number of thiol groups is 1. The minimum Gasteiger partial charge on any atom is -0.354 e. The van der Waals surface area contributed by atoms with Gasteiger partial charge in [-0.05, 0) is 37.1 Å². The van der Waals surface area contributed by atoms with Crippen molar-refractivity contribution in [1.82, 2.24) is 10.2 Å². The topological polar surface area (TPSA) is 49.4 Å². The van der Waals surface area contributed by atoms with Gasteiger partial charge in [0.2, 0.25) is 5.91 Å². The number of rotatable bonds is 1. The fourth-order valence-electron chi connectivity index (χ4n) is 2.97. The molecule has 2 saturated heterocycles. The van der Waals surface area contributed by atoms with E-state index < -0.39 is 0 Å². The maximum Gasteiger partial charge on any atom is 0.254 e. The normalized spacial score (nSPS) is 25.9. The molecule has 1 aromatic carbocycles. The lowest BCUT2D eigenvalue weighted by Crippen LogP contribution is -2.48. The molecule has 0 radical (unpaired) electrons. The van der Waals surface area contributed by atoms with E-state index in [1.807, 2.05) is 17.0 Å². The number of nitrogens with zero attached hydrogens (tertiary/aromatic N) is 1. The van der Waals surface area contributed by atoms with Crippen molar-refractivity contribution in [3.8, 4) is 0 Å². The Morgan fingerprint density at radius 3 is 2.79 bits per heavy atom. The van der Waals surface area contributed by atoms with Gasteiger partial charge < -0.3 is 10.2 Å². The molecule has 2 heterocycles. The van der Waals surface area contributed by atoms with E-state index in [4.69, 9.17) is 0 Å². The van der Waals surface area contributed by atoms with Crippen LogP contribution in [0.2, 0.25) is 0 Å². The second kappa shape index (κ2) is 4.89. The van der Waals surface area contributed by atoms with Gasteiger partial charge in [-0.1, -0.05) is 0 Å². The summed E-state index contributed by atoms with van der Waals surface area (Å²) in [6, 6.07) is 7.23. The first kappa shape index (κ1) is 12.5.